The topological polar surface area (TPSA) is 217 Å². The highest BCUT2D eigenvalue weighted by atomic mass is 16.6. The number of nitro groups is 1. The zero-order valence-corrected chi connectivity index (χ0v) is 24.4. The number of nitro benzene ring substituents is 1. The number of imide groups is 1. The molecular weight excluding hydrogens is 602 g/mol. The molecule has 1 heterocycles. The summed E-state index contributed by atoms with van der Waals surface area (Å²) >= 11 is 0. The number of nitrogens with one attached hydrogen (secondary N) is 2. The lowest BCUT2D eigenvalue weighted by molar-refractivity contribution is -0.384. The molecular formula is C31H29N5O10. The van der Waals surface area contributed by atoms with Gasteiger partial charge in [-0.25, -0.2) is 9.59 Å². The Bertz CT molecular complexity index is 1670. The maximum atomic E-state index is 13.9. The van der Waals surface area contributed by atoms with E-state index in [0.29, 0.717) is 10.5 Å². The lowest BCUT2D eigenvalue weighted by atomic mass is 9.89. The molecule has 0 bridgehead atoms. The number of non-ortho nitro benzene ring substituents is 1. The Balaban J connectivity index is 1.58. The Morgan fingerprint density at radius 1 is 0.891 bits per heavy atom. The van der Waals surface area contributed by atoms with Gasteiger partial charge >= 0.3 is 18.0 Å². The number of aliphatic carboxylic acids is 2. The molecule has 3 aromatic carbocycles. The molecule has 0 aliphatic carbocycles. The van der Waals surface area contributed by atoms with Crippen molar-refractivity contribution in [3.63, 3.8) is 0 Å². The first kappa shape index (κ1) is 32.8. The van der Waals surface area contributed by atoms with Gasteiger partial charge in [-0.1, -0.05) is 60.7 Å². The number of rotatable bonds is 13. The highest BCUT2D eigenvalue weighted by Gasteiger charge is 2.55. The molecule has 3 atom stereocenters. The van der Waals surface area contributed by atoms with Crippen molar-refractivity contribution in [3.8, 4) is 0 Å². The van der Waals surface area contributed by atoms with Crippen molar-refractivity contribution in [3.05, 3.63) is 112 Å². The molecule has 0 aromatic heterocycles. The number of nitrogens with zero attached hydrogens (tertiary/aromatic N) is 3. The molecule has 238 valence electrons. The Morgan fingerprint density at radius 2 is 1.48 bits per heavy atom. The Hall–Kier alpha value is -6.12. The van der Waals surface area contributed by atoms with Crippen molar-refractivity contribution in [2.75, 3.05) is 6.54 Å². The van der Waals surface area contributed by atoms with E-state index in [4.69, 9.17) is 0 Å². The SMILES string of the molecule is CC1(c2ccc([N+](=O)[O-])cc2)C(=O)N(CC(=O)N[C@@H](CC(=O)O)C(=O)N[C@H](C(=O)O)c2ccccc2)C(=O)N1Cc1ccccc1. The van der Waals surface area contributed by atoms with Crippen LogP contribution in [0.1, 0.15) is 36.1 Å². The number of hydrogen-bond acceptors (Lipinski definition) is 8. The van der Waals surface area contributed by atoms with E-state index in [1.54, 1.807) is 48.5 Å². The number of carbonyl (C=O) groups is 6. The second kappa shape index (κ2) is 13.7. The molecule has 1 fully saturated rings. The first-order valence-electron chi connectivity index (χ1n) is 13.8. The maximum absolute atomic E-state index is 13.9. The van der Waals surface area contributed by atoms with Crippen LogP contribution in [-0.4, -0.2) is 73.2 Å². The third kappa shape index (κ3) is 6.99. The fourth-order valence-electron chi connectivity index (χ4n) is 5.06. The molecule has 1 aliphatic rings. The molecule has 15 heteroatoms. The molecule has 46 heavy (non-hydrogen) atoms. The Morgan fingerprint density at radius 3 is 2.02 bits per heavy atom. The first-order valence-corrected chi connectivity index (χ1v) is 13.8. The van der Waals surface area contributed by atoms with E-state index in [0.717, 1.165) is 0 Å². The van der Waals surface area contributed by atoms with Gasteiger partial charge in [-0.2, -0.15) is 0 Å². The van der Waals surface area contributed by atoms with E-state index in [1.165, 1.54) is 48.2 Å². The molecule has 15 nitrogen and oxygen atoms in total. The summed E-state index contributed by atoms with van der Waals surface area (Å²) < 4.78 is 0. The van der Waals surface area contributed by atoms with Gasteiger partial charge in [0.2, 0.25) is 11.8 Å². The van der Waals surface area contributed by atoms with Gasteiger partial charge in [0.1, 0.15) is 18.1 Å². The van der Waals surface area contributed by atoms with Crippen LogP contribution in [0.5, 0.6) is 0 Å². The van der Waals surface area contributed by atoms with Crippen LogP contribution in [0, 0.1) is 10.1 Å². The quantitative estimate of drug-likeness (QED) is 0.122. The normalized spacial score (nSPS) is 17.2. The van der Waals surface area contributed by atoms with Crippen LogP contribution in [-0.2, 0) is 36.1 Å². The molecule has 1 unspecified atom stereocenters. The van der Waals surface area contributed by atoms with Gasteiger partial charge in [0.05, 0.1) is 11.3 Å². The van der Waals surface area contributed by atoms with E-state index >= 15 is 0 Å². The third-order valence-corrected chi connectivity index (χ3v) is 7.49. The average Bonchev–Trinajstić information content (AvgIpc) is 3.20. The van der Waals surface area contributed by atoms with E-state index in [2.05, 4.69) is 10.6 Å². The van der Waals surface area contributed by atoms with Gasteiger partial charge in [0, 0.05) is 18.7 Å². The highest BCUT2D eigenvalue weighted by Crippen LogP contribution is 2.39. The van der Waals surface area contributed by atoms with Gasteiger partial charge in [-0.05, 0) is 35.7 Å². The molecule has 0 radical (unpaired) electrons. The molecule has 1 saturated heterocycles. The molecule has 5 amide bonds. The molecule has 0 spiro atoms. The molecule has 0 saturated carbocycles. The zero-order chi connectivity index (χ0) is 33.6. The summed E-state index contributed by atoms with van der Waals surface area (Å²) in [6.45, 7) is 0.457. The number of carbonyl (C=O) groups excluding carboxylic acids is 4. The minimum absolute atomic E-state index is 0.0723. The molecule has 3 aromatic rings. The molecule has 4 rings (SSSR count). The zero-order valence-electron chi connectivity index (χ0n) is 24.4. The van der Waals surface area contributed by atoms with E-state index in [9.17, 15) is 49.1 Å². The van der Waals surface area contributed by atoms with Crippen LogP contribution in [0.15, 0.2) is 84.9 Å². The monoisotopic (exact) mass is 631 g/mol. The average molecular weight is 632 g/mol. The van der Waals surface area contributed by atoms with Crippen molar-refractivity contribution in [1.82, 2.24) is 20.4 Å². The third-order valence-electron chi connectivity index (χ3n) is 7.49. The number of benzene rings is 3. The van der Waals surface area contributed by atoms with Gasteiger partial charge in [-0.15, -0.1) is 0 Å². The van der Waals surface area contributed by atoms with Crippen molar-refractivity contribution in [2.45, 2.75) is 37.5 Å². The molecule has 4 N–H and O–H groups in total. The molecule has 1 aliphatic heterocycles. The minimum atomic E-state index is -1.76. The minimum Gasteiger partial charge on any atom is -0.481 e. The van der Waals surface area contributed by atoms with Crippen LogP contribution >= 0.6 is 0 Å². The number of hydrogen-bond donors (Lipinski definition) is 4. The number of urea groups is 1. The van der Waals surface area contributed by atoms with Gasteiger partial charge in [0.15, 0.2) is 6.04 Å². The number of carboxylic acid groups (broad SMARTS) is 2. The lowest BCUT2D eigenvalue weighted by Gasteiger charge is -2.32. The summed E-state index contributed by atoms with van der Waals surface area (Å²) in [4.78, 5) is 89.6. The summed E-state index contributed by atoms with van der Waals surface area (Å²) in [6, 6.07) is 17.1. The first-order chi connectivity index (χ1) is 21.8. The predicted octanol–water partition coefficient (Wildman–Crippen LogP) is 2.18. The van der Waals surface area contributed by atoms with Crippen LogP contribution in [0.4, 0.5) is 10.5 Å². The second-order valence-corrected chi connectivity index (χ2v) is 10.5. The fourth-order valence-corrected chi connectivity index (χ4v) is 5.06. The predicted molar refractivity (Wildman–Crippen MR) is 159 cm³/mol. The fraction of sp³-hybridized carbons (Fsp3) is 0.226. The smallest absolute Gasteiger partial charge is 0.330 e. The number of amides is 5. The van der Waals surface area contributed by atoms with Gasteiger partial charge in [-0.3, -0.25) is 34.2 Å². The van der Waals surface area contributed by atoms with Crippen LogP contribution < -0.4 is 10.6 Å². The summed E-state index contributed by atoms with van der Waals surface area (Å²) in [7, 11) is 0. The summed E-state index contributed by atoms with van der Waals surface area (Å²) in [6.07, 6.45) is -0.929. The van der Waals surface area contributed by atoms with Crippen molar-refractivity contribution >= 4 is 41.4 Å². The van der Waals surface area contributed by atoms with Crippen LogP contribution in [0.25, 0.3) is 0 Å². The summed E-state index contributed by atoms with van der Waals surface area (Å²) in [5.74, 6) is -5.95. The van der Waals surface area contributed by atoms with E-state index in [1.807, 2.05) is 0 Å². The largest absolute Gasteiger partial charge is 0.481 e. The van der Waals surface area contributed by atoms with Crippen LogP contribution in [0.2, 0.25) is 0 Å². The van der Waals surface area contributed by atoms with Crippen molar-refractivity contribution < 1.29 is 43.9 Å². The summed E-state index contributed by atoms with van der Waals surface area (Å²) in [5.41, 5.74) is -0.868. The van der Waals surface area contributed by atoms with Crippen LogP contribution in [0.3, 0.4) is 0 Å². The Kier molecular flexibility index (Phi) is 9.74. The van der Waals surface area contributed by atoms with Crippen molar-refractivity contribution in [1.29, 1.82) is 0 Å². The second-order valence-electron chi connectivity index (χ2n) is 10.5. The Labute approximate surface area is 261 Å². The van der Waals surface area contributed by atoms with Crippen molar-refractivity contribution in [2.24, 2.45) is 0 Å². The number of carboxylic acids is 2. The standard InChI is InChI=1S/C31H29N5O10/c1-31(21-12-14-22(15-13-21)36(45)46)29(43)34(30(44)35(31)17-19-8-4-2-5-9-19)18-24(37)32-23(16-25(38)39)27(40)33-26(28(41)42)20-10-6-3-7-11-20/h2-15,23,26H,16-18H2,1H3,(H,32,37)(H,33,40)(H,38,39)(H,41,42)/t23-,26-,31?/m0/s1. The van der Waals surface area contributed by atoms with Gasteiger partial charge in [0.25, 0.3) is 11.6 Å². The van der Waals surface area contributed by atoms with Gasteiger partial charge < -0.3 is 25.7 Å². The highest BCUT2D eigenvalue weighted by molar-refractivity contribution is 6.09. The lowest BCUT2D eigenvalue weighted by Crippen LogP contribution is -2.52. The maximum Gasteiger partial charge on any atom is 0.330 e. The van der Waals surface area contributed by atoms with E-state index in [-0.39, 0.29) is 23.4 Å². The summed E-state index contributed by atoms with van der Waals surface area (Å²) in [5, 5.41) is 34.6. The van der Waals surface area contributed by atoms with E-state index < -0.39 is 71.2 Å².